The van der Waals surface area contributed by atoms with Crippen LogP contribution in [-0.2, 0) is 14.3 Å². The number of aliphatic hydroxyl groups is 5. The van der Waals surface area contributed by atoms with Gasteiger partial charge in [0.25, 0.3) is 0 Å². The van der Waals surface area contributed by atoms with Gasteiger partial charge in [0.15, 0.2) is 6.10 Å². The highest BCUT2D eigenvalue weighted by Gasteiger charge is 2.41. The summed E-state index contributed by atoms with van der Waals surface area (Å²) in [6, 6.07) is 0. The second kappa shape index (κ2) is 23.7. The summed E-state index contributed by atoms with van der Waals surface area (Å²) >= 11 is 0. The van der Waals surface area contributed by atoms with Crippen LogP contribution in [0, 0.1) is 0 Å². The Bertz CT molecular complexity index is 483. The lowest BCUT2D eigenvalue weighted by atomic mass is 10.1. The number of ether oxygens (including phenoxy) is 2. The number of carbonyl (C=O) groups excluding carboxylic acids is 1. The second-order valence-electron chi connectivity index (χ2n) is 8.85. The summed E-state index contributed by atoms with van der Waals surface area (Å²) in [7, 11) is 0. The molecule has 1 saturated heterocycles. The fraction of sp³-hybridized carbons (Fsp3) is 0.885. The van der Waals surface area contributed by atoms with E-state index < -0.39 is 37.0 Å². The van der Waals surface area contributed by atoms with Crippen LogP contribution < -0.4 is 0 Å². The molecule has 0 bridgehead atoms. The standard InChI is InChI=1S/C24H44O6.C2H6O2/c1-2-3-4-5-6-7-8-9-10-11-12-13-14-15-16-17-22(27)30-21(18-25)24-23(28)20(26)19-29-24;3-1-2-4/h9-10,20-21,23-26,28H,2-8,11-19H2,1H3;3-4H,1-2H2/b10-9-;/t20-,21+,23+,24+;/m0./s1. The lowest BCUT2D eigenvalue weighted by molar-refractivity contribution is -0.162. The molecule has 34 heavy (non-hydrogen) atoms. The zero-order valence-corrected chi connectivity index (χ0v) is 21.2. The van der Waals surface area contributed by atoms with E-state index in [1.807, 2.05) is 0 Å². The summed E-state index contributed by atoms with van der Waals surface area (Å²) < 4.78 is 10.4. The van der Waals surface area contributed by atoms with E-state index in [-0.39, 0.29) is 19.8 Å². The Morgan fingerprint density at radius 1 is 0.882 bits per heavy atom. The van der Waals surface area contributed by atoms with Crippen LogP contribution in [0.15, 0.2) is 12.2 Å². The van der Waals surface area contributed by atoms with Gasteiger partial charge < -0.3 is 35.0 Å². The highest BCUT2D eigenvalue weighted by atomic mass is 16.6. The number of allylic oxidation sites excluding steroid dienone is 2. The maximum atomic E-state index is 11.9. The van der Waals surface area contributed by atoms with Crippen molar-refractivity contribution in [2.24, 2.45) is 0 Å². The predicted molar refractivity (Wildman–Crippen MR) is 132 cm³/mol. The van der Waals surface area contributed by atoms with E-state index in [1.54, 1.807) is 0 Å². The maximum Gasteiger partial charge on any atom is 0.306 e. The summed E-state index contributed by atoms with van der Waals surface area (Å²) in [5.41, 5.74) is 0. The summed E-state index contributed by atoms with van der Waals surface area (Å²) in [6.07, 6.45) is 16.5. The molecule has 4 atom stereocenters. The van der Waals surface area contributed by atoms with Gasteiger partial charge in [-0.2, -0.15) is 0 Å². The van der Waals surface area contributed by atoms with Crippen molar-refractivity contribution in [1.82, 2.24) is 0 Å². The predicted octanol–water partition coefficient (Wildman–Crippen LogP) is 3.02. The smallest absolute Gasteiger partial charge is 0.306 e. The van der Waals surface area contributed by atoms with Gasteiger partial charge in [0.05, 0.1) is 26.4 Å². The molecule has 8 heteroatoms. The minimum absolute atomic E-state index is 0.0197. The molecular weight excluding hydrogens is 440 g/mol. The van der Waals surface area contributed by atoms with Gasteiger partial charge in [0.1, 0.15) is 18.3 Å². The Morgan fingerprint density at radius 3 is 1.88 bits per heavy atom. The maximum absolute atomic E-state index is 11.9. The van der Waals surface area contributed by atoms with Crippen LogP contribution in [0.2, 0.25) is 0 Å². The Hall–Kier alpha value is -1.03. The van der Waals surface area contributed by atoms with Gasteiger partial charge in [-0.1, -0.05) is 70.4 Å². The van der Waals surface area contributed by atoms with Crippen LogP contribution in [0.25, 0.3) is 0 Å². The highest BCUT2D eigenvalue weighted by Crippen LogP contribution is 2.20. The van der Waals surface area contributed by atoms with E-state index in [2.05, 4.69) is 19.1 Å². The summed E-state index contributed by atoms with van der Waals surface area (Å²) in [6.45, 7) is 1.54. The van der Waals surface area contributed by atoms with Gasteiger partial charge >= 0.3 is 5.97 Å². The van der Waals surface area contributed by atoms with Gasteiger partial charge in [0, 0.05) is 6.42 Å². The summed E-state index contributed by atoms with van der Waals surface area (Å²) in [5, 5.41) is 43.9. The molecule has 0 unspecified atom stereocenters. The third-order valence-electron chi connectivity index (χ3n) is 5.76. The summed E-state index contributed by atoms with van der Waals surface area (Å²) in [4.78, 5) is 11.9. The number of unbranched alkanes of at least 4 members (excludes halogenated alkanes) is 11. The second-order valence-corrected chi connectivity index (χ2v) is 8.85. The highest BCUT2D eigenvalue weighted by molar-refractivity contribution is 5.69. The van der Waals surface area contributed by atoms with Gasteiger partial charge in [-0.25, -0.2) is 0 Å². The number of rotatable bonds is 19. The van der Waals surface area contributed by atoms with Crippen LogP contribution in [0.1, 0.15) is 96.8 Å². The van der Waals surface area contributed by atoms with Crippen LogP contribution >= 0.6 is 0 Å². The Kier molecular flexibility index (Phi) is 23.0. The third kappa shape index (κ3) is 17.4. The molecule has 0 aliphatic carbocycles. The van der Waals surface area contributed by atoms with Gasteiger partial charge in [-0.05, 0) is 32.1 Å². The van der Waals surface area contributed by atoms with E-state index >= 15 is 0 Å². The van der Waals surface area contributed by atoms with E-state index in [9.17, 15) is 20.1 Å². The fourth-order valence-electron chi connectivity index (χ4n) is 3.73. The van der Waals surface area contributed by atoms with Crippen LogP contribution in [0.3, 0.4) is 0 Å². The van der Waals surface area contributed by atoms with Gasteiger partial charge in [-0.3, -0.25) is 4.79 Å². The van der Waals surface area contributed by atoms with Crippen LogP contribution in [0.4, 0.5) is 0 Å². The third-order valence-corrected chi connectivity index (χ3v) is 5.76. The van der Waals surface area contributed by atoms with Crippen molar-refractivity contribution >= 4 is 5.97 Å². The number of hydrogen-bond donors (Lipinski definition) is 5. The van der Waals surface area contributed by atoms with Gasteiger partial charge in [-0.15, -0.1) is 0 Å². The van der Waals surface area contributed by atoms with E-state index in [0.717, 1.165) is 32.1 Å². The van der Waals surface area contributed by atoms with Crippen molar-refractivity contribution in [3.63, 3.8) is 0 Å². The van der Waals surface area contributed by atoms with Crippen molar-refractivity contribution in [2.45, 2.75) is 121 Å². The van der Waals surface area contributed by atoms with Crippen molar-refractivity contribution in [2.75, 3.05) is 26.4 Å². The molecule has 0 radical (unpaired) electrons. The fourth-order valence-corrected chi connectivity index (χ4v) is 3.73. The average Bonchev–Trinajstić information content (AvgIpc) is 3.18. The molecule has 1 heterocycles. The quantitative estimate of drug-likeness (QED) is 0.106. The molecular formula is C26H50O8. The largest absolute Gasteiger partial charge is 0.457 e. The van der Waals surface area contributed by atoms with E-state index in [0.29, 0.717) is 6.42 Å². The molecule has 1 aliphatic rings. The van der Waals surface area contributed by atoms with Crippen molar-refractivity contribution in [1.29, 1.82) is 0 Å². The number of esters is 1. The van der Waals surface area contributed by atoms with Crippen LogP contribution in [-0.4, -0.2) is 82.3 Å². The monoisotopic (exact) mass is 490 g/mol. The zero-order chi connectivity index (χ0) is 25.4. The molecule has 1 fully saturated rings. The minimum atomic E-state index is -1.14. The number of aliphatic hydroxyl groups excluding tert-OH is 5. The molecule has 0 spiro atoms. The molecule has 1 aliphatic heterocycles. The Labute approximate surface area is 206 Å². The Morgan fingerprint density at radius 2 is 1.41 bits per heavy atom. The van der Waals surface area contributed by atoms with Crippen molar-refractivity contribution in [3.05, 3.63) is 12.2 Å². The lowest BCUT2D eigenvalue weighted by Gasteiger charge is -2.24. The topological polar surface area (TPSA) is 137 Å². The SMILES string of the molecule is CCCCCCCC/C=C\CCCCCCCC(=O)O[C@H](CO)[C@H]1OC[C@H](O)[C@H]1O.OCCO. The van der Waals surface area contributed by atoms with Crippen molar-refractivity contribution in [3.8, 4) is 0 Å². The van der Waals surface area contributed by atoms with E-state index in [4.69, 9.17) is 19.7 Å². The molecule has 1 rings (SSSR count). The first-order valence-corrected chi connectivity index (χ1v) is 13.2. The normalized spacial score (nSPS) is 20.8. The van der Waals surface area contributed by atoms with E-state index in [1.165, 1.54) is 51.4 Å². The number of hydrogen-bond acceptors (Lipinski definition) is 8. The molecule has 0 aromatic carbocycles. The Balaban J connectivity index is 0.00000251. The molecule has 0 amide bonds. The first kappa shape index (κ1) is 33.0. The minimum Gasteiger partial charge on any atom is -0.457 e. The molecule has 8 nitrogen and oxygen atoms in total. The molecule has 0 saturated carbocycles. The number of carbonyl (C=O) groups is 1. The molecule has 202 valence electrons. The first-order chi connectivity index (χ1) is 16.5. The first-order valence-electron chi connectivity index (χ1n) is 13.2. The lowest BCUT2D eigenvalue weighted by Crippen LogP contribution is -2.43. The molecule has 5 N–H and O–H groups in total. The molecule has 0 aromatic rings. The molecule has 0 aromatic heterocycles. The van der Waals surface area contributed by atoms with Crippen molar-refractivity contribution < 1.29 is 39.8 Å². The zero-order valence-electron chi connectivity index (χ0n) is 21.2. The summed E-state index contributed by atoms with van der Waals surface area (Å²) in [5.74, 6) is -0.399. The average molecular weight is 491 g/mol. The van der Waals surface area contributed by atoms with Gasteiger partial charge in [0.2, 0.25) is 0 Å². The van der Waals surface area contributed by atoms with Crippen LogP contribution in [0.5, 0.6) is 0 Å².